The highest BCUT2D eigenvalue weighted by atomic mass is 16.5. The van der Waals surface area contributed by atoms with Gasteiger partial charge in [-0.1, -0.05) is 30.3 Å². The summed E-state index contributed by atoms with van der Waals surface area (Å²) in [5.74, 6) is 1.12. The molecule has 2 aromatic heterocycles. The van der Waals surface area contributed by atoms with E-state index in [9.17, 15) is 4.79 Å². The minimum absolute atomic E-state index is 0.234. The number of nitrogens with zero attached hydrogens (tertiary/aromatic N) is 3. The minimum atomic E-state index is -0.234. The van der Waals surface area contributed by atoms with Crippen molar-refractivity contribution in [3.8, 4) is 0 Å². The molecule has 0 aliphatic heterocycles. The van der Waals surface area contributed by atoms with E-state index in [4.69, 9.17) is 4.52 Å². The maximum absolute atomic E-state index is 12.4. The zero-order valence-corrected chi connectivity index (χ0v) is 14.5. The summed E-state index contributed by atoms with van der Waals surface area (Å²) in [6.07, 6.45) is 2.25. The lowest BCUT2D eigenvalue weighted by molar-refractivity contribution is 0.102. The molecule has 0 fully saturated rings. The Balaban J connectivity index is 1.76. The minimum Gasteiger partial charge on any atom is -0.359 e. The van der Waals surface area contributed by atoms with Gasteiger partial charge in [0.05, 0.1) is 5.56 Å². The number of aryl methyl sites for hydroxylation is 2. The second-order valence-corrected chi connectivity index (χ2v) is 5.67. The third kappa shape index (κ3) is 3.52. The summed E-state index contributed by atoms with van der Waals surface area (Å²) in [6.45, 7) is 3.74. The van der Waals surface area contributed by atoms with Crippen LogP contribution in [0.5, 0.6) is 0 Å². The highest BCUT2D eigenvalue weighted by molar-refractivity contribution is 6.04. The molecule has 0 bridgehead atoms. The second-order valence-electron chi connectivity index (χ2n) is 5.67. The lowest BCUT2D eigenvalue weighted by atomic mass is 10.2. The van der Waals surface area contributed by atoms with E-state index in [2.05, 4.69) is 15.5 Å². The van der Waals surface area contributed by atoms with Crippen LogP contribution in [-0.4, -0.2) is 23.1 Å². The van der Waals surface area contributed by atoms with Crippen LogP contribution in [0.4, 0.5) is 17.2 Å². The summed E-state index contributed by atoms with van der Waals surface area (Å²) in [5, 5.41) is 6.80. The lowest BCUT2D eigenvalue weighted by Gasteiger charge is -2.18. The van der Waals surface area contributed by atoms with E-state index in [1.165, 1.54) is 0 Å². The van der Waals surface area contributed by atoms with Crippen molar-refractivity contribution >= 4 is 23.1 Å². The quantitative estimate of drug-likeness (QED) is 0.763. The molecule has 1 aromatic carbocycles. The molecule has 1 amide bonds. The number of carbonyl (C=O) groups is 1. The normalized spacial score (nSPS) is 10.5. The van der Waals surface area contributed by atoms with Gasteiger partial charge in [-0.15, -0.1) is 0 Å². The number of rotatable bonds is 5. The molecule has 0 saturated carbocycles. The fourth-order valence-electron chi connectivity index (χ4n) is 2.51. The number of carbonyl (C=O) groups excluding carboxylic acids is 1. The van der Waals surface area contributed by atoms with Crippen LogP contribution in [0.1, 0.15) is 28.7 Å². The largest absolute Gasteiger partial charge is 0.359 e. The summed E-state index contributed by atoms with van der Waals surface area (Å²) in [4.78, 5) is 18.8. The first-order chi connectivity index (χ1) is 12.1. The van der Waals surface area contributed by atoms with Gasteiger partial charge in [-0.3, -0.25) is 4.79 Å². The number of aromatic nitrogens is 2. The van der Waals surface area contributed by atoms with Gasteiger partial charge in [-0.25, -0.2) is 4.98 Å². The Bertz CT molecular complexity index is 857. The van der Waals surface area contributed by atoms with Crippen LogP contribution in [0.3, 0.4) is 0 Å². The van der Waals surface area contributed by atoms with Gasteiger partial charge >= 0.3 is 0 Å². The van der Waals surface area contributed by atoms with Gasteiger partial charge in [-0.2, -0.15) is 0 Å². The average molecular weight is 336 g/mol. The van der Waals surface area contributed by atoms with E-state index in [0.717, 1.165) is 17.2 Å². The summed E-state index contributed by atoms with van der Waals surface area (Å²) in [7, 11) is 1.94. The maximum Gasteiger partial charge on any atom is 0.257 e. The van der Waals surface area contributed by atoms with Crippen molar-refractivity contribution in [1.82, 2.24) is 10.1 Å². The fourth-order valence-corrected chi connectivity index (χ4v) is 2.51. The molecule has 2 heterocycles. The van der Waals surface area contributed by atoms with E-state index < -0.39 is 0 Å². The highest BCUT2D eigenvalue weighted by Gasteiger charge is 2.16. The van der Waals surface area contributed by atoms with E-state index in [1.807, 2.05) is 55.3 Å². The number of anilines is 3. The van der Waals surface area contributed by atoms with Gasteiger partial charge in [0.2, 0.25) is 0 Å². The van der Waals surface area contributed by atoms with Crippen molar-refractivity contribution in [2.75, 3.05) is 17.3 Å². The molecule has 128 valence electrons. The predicted octanol–water partition coefficient (Wildman–Crippen LogP) is 3.96. The van der Waals surface area contributed by atoms with Crippen molar-refractivity contribution in [3.05, 3.63) is 65.7 Å². The Morgan fingerprint density at radius 1 is 1.20 bits per heavy atom. The number of hydrogen-bond donors (Lipinski definition) is 1. The van der Waals surface area contributed by atoms with Crippen LogP contribution >= 0.6 is 0 Å². The zero-order chi connectivity index (χ0) is 17.8. The van der Waals surface area contributed by atoms with Crippen molar-refractivity contribution < 1.29 is 9.32 Å². The summed E-state index contributed by atoms with van der Waals surface area (Å²) < 4.78 is 5.14. The number of pyridine rings is 1. The first-order valence-corrected chi connectivity index (χ1v) is 8.11. The predicted molar refractivity (Wildman–Crippen MR) is 97.3 cm³/mol. The molecule has 0 atom stereocenters. The molecular formula is C19H20N4O2. The van der Waals surface area contributed by atoms with E-state index in [1.54, 1.807) is 19.2 Å². The SMILES string of the molecule is CCc1noc(C)c1NC(=O)c1ccc(N(C)c2ccccc2)nc1. The summed E-state index contributed by atoms with van der Waals surface area (Å²) in [5.41, 5.74) is 2.88. The number of hydrogen-bond acceptors (Lipinski definition) is 5. The molecule has 3 aromatic rings. The van der Waals surface area contributed by atoms with Gasteiger partial charge < -0.3 is 14.7 Å². The smallest absolute Gasteiger partial charge is 0.257 e. The van der Waals surface area contributed by atoms with Gasteiger partial charge in [0.25, 0.3) is 5.91 Å². The Hall–Kier alpha value is -3.15. The molecular weight excluding hydrogens is 316 g/mol. The number of amides is 1. The zero-order valence-electron chi connectivity index (χ0n) is 14.5. The monoisotopic (exact) mass is 336 g/mol. The molecule has 0 saturated heterocycles. The van der Waals surface area contributed by atoms with Gasteiger partial charge in [-0.05, 0) is 37.6 Å². The lowest BCUT2D eigenvalue weighted by Crippen LogP contribution is -2.15. The Kier molecular flexibility index (Phi) is 4.79. The number of benzene rings is 1. The fraction of sp³-hybridized carbons (Fsp3) is 0.211. The van der Waals surface area contributed by atoms with Crippen LogP contribution in [0.25, 0.3) is 0 Å². The van der Waals surface area contributed by atoms with Gasteiger partial charge in [0.1, 0.15) is 17.2 Å². The Labute approximate surface area is 146 Å². The molecule has 3 rings (SSSR count). The molecule has 0 spiro atoms. The molecule has 6 nitrogen and oxygen atoms in total. The highest BCUT2D eigenvalue weighted by Crippen LogP contribution is 2.23. The summed E-state index contributed by atoms with van der Waals surface area (Å²) in [6, 6.07) is 13.5. The van der Waals surface area contributed by atoms with Crippen LogP contribution < -0.4 is 10.2 Å². The van der Waals surface area contributed by atoms with Crippen molar-refractivity contribution in [1.29, 1.82) is 0 Å². The molecule has 1 N–H and O–H groups in total. The molecule has 0 radical (unpaired) electrons. The standard InChI is InChI=1S/C19H20N4O2/c1-4-16-18(13(2)25-22-16)21-19(24)14-10-11-17(20-12-14)23(3)15-8-6-5-7-9-15/h5-12H,4H2,1-3H3,(H,21,24). The average Bonchev–Trinajstić information content (AvgIpc) is 3.01. The third-order valence-electron chi connectivity index (χ3n) is 4.00. The van der Waals surface area contributed by atoms with Crippen molar-refractivity contribution in [2.24, 2.45) is 0 Å². The Morgan fingerprint density at radius 2 is 1.96 bits per heavy atom. The molecule has 0 aliphatic carbocycles. The third-order valence-corrected chi connectivity index (χ3v) is 4.00. The van der Waals surface area contributed by atoms with Gasteiger partial charge in [0, 0.05) is 18.9 Å². The first kappa shape index (κ1) is 16.7. The van der Waals surface area contributed by atoms with Crippen LogP contribution in [0.15, 0.2) is 53.2 Å². The van der Waals surface area contributed by atoms with Crippen LogP contribution in [-0.2, 0) is 6.42 Å². The number of nitrogens with one attached hydrogen (secondary N) is 1. The number of para-hydroxylation sites is 1. The Morgan fingerprint density at radius 3 is 2.60 bits per heavy atom. The van der Waals surface area contributed by atoms with E-state index in [0.29, 0.717) is 23.4 Å². The molecule has 0 unspecified atom stereocenters. The van der Waals surface area contributed by atoms with Gasteiger partial charge in [0.15, 0.2) is 5.76 Å². The van der Waals surface area contributed by atoms with E-state index in [-0.39, 0.29) is 5.91 Å². The van der Waals surface area contributed by atoms with Crippen molar-refractivity contribution in [3.63, 3.8) is 0 Å². The molecule has 0 aliphatic rings. The maximum atomic E-state index is 12.4. The van der Waals surface area contributed by atoms with Crippen LogP contribution in [0, 0.1) is 6.92 Å². The second kappa shape index (κ2) is 7.17. The van der Waals surface area contributed by atoms with E-state index >= 15 is 0 Å². The molecule has 6 heteroatoms. The van der Waals surface area contributed by atoms with Crippen molar-refractivity contribution in [2.45, 2.75) is 20.3 Å². The first-order valence-electron chi connectivity index (χ1n) is 8.11. The molecule has 25 heavy (non-hydrogen) atoms. The summed E-state index contributed by atoms with van der Waals surface area (Å²) >= 11 is 0. The van der Waals surface area contributed by atoms with Crippen LogP contribution in [0.2, 0.25) is 0 Å². The topological polar surface area (TPSA) is 71.3 Å².